The van der Waals surface area contributed by atoms with E-state index in [9.17, 15) is 9.90 Å². The molecule has 0 saturated heterocycles. The van der Waals surface area contributed by atoms with Gasteiger partial charge < -0.3 is 10.8 Å². The van der Waals surface area contributed by atoms with E-state index in [4.69, 9.17) is 11.1 Å². The number of nitrogens with one attached hydrogen (secondary N) is 1. The second-order valence-corrected chi connectivity index (χ2v) is 3.04. The van der Waals surface area contributed by atoms with E-state index in [0.717, 1.165) is 0 Å². The highest BCUT2D eigenvalue weighted by molar-refractivity contribution is 6.51. The van der Waals surface area contributed by atoms with Gasteiger partial charge in [0.05, 0.1) is 5.56 Å². The second-order valence-electron chi connectivity index (χ2n) is 3.04. The van der Waals surface area contributed by atoms with Gasteiger partial charge in [-0.05, 0) is 24.3 Å². The normalized spacial score (nSPS) is 14.3. The first kappa shape index (κ1) is 8.50. The molecule has 1 aliphatic carbocycles. The molecule has 0 atom stereocenters. The van der Waals surface area contributed by atoms with Gasteiger partial charge in [-0.2, -0.15) is 0 Å². The van der Waals surface area contributed by atoms with Crippen LogP contribution in [-0.2, 0) is 4.79 Å². The molecule has 0 spiro atoms. The fraction of sp³-hybridized carbons (Fsp3) is 0. The van der Waals surface area contributed by atoms with Crippen molar-refractivity contribution in [2.75, 3.05) is 5.73 Å². The van der Waals surface area contributed by atoms with Crippen molar-refractivity contribution < 1.29 is 9.90 Å². The number of rotatable bonds is 0. The van der Waals surface area contributed by atoms with Crippen LogP contribution in [-0.4, -0.2) is 16.6 Å². The van der Waals surface area contributed by atoms with Gasteiger partial charge in [-0.3, -0.25) is 10.2 Å². The first-order valence-corrected chi connectivity index (χ1v) is 4.04. The smallest absolute Gasteiger partial charge is 0.204 e. The molecule has 0 aliphatic heterocycles. The number of hydrogen-bond donors (Lipinski definition) is 3. The topological polar surface area (TPSA) is 87.2 Å². The minimum Gasteiger partial charge on any atom is -0.507 e. The number of benzene rings is 1. The van der Waals surface area contributed by atoms with E-state index < -0.39 is 5.78 Å². The molecule has 1 aromatic carbocycles. The summed E-state index contributed by atoms with van der Waals surface area (Å²) in [6.45, 7) is 0. The van der Waals surface area contributed by atoms with E-state index in [1.807, 2.05) is 0 Å². The molecule has 0 fully saturated rings. The number of aromatic hydroxyl groups is 1. The summed E-state index contributed by atoms with van der Waals surface area (Å²) in [6, 6.07) is 2.93. The van der Waals surface area contributed by atoms with E-state index in [0.29, 0.717) is 11.3 Å². The molecule has 0 unspecified atom stereocenters. The first-order chi connectivity index (χ1) is 6.61. The van der Waals surface area contributed by atoms with Crippen LogP contribution >= 0.6 is 0 Å². The average molecular weight is 188 g/mol. The Labute approximate surface area is 80.2 Å². The molecular weight excluding hydrogens is 180 g/mol. The highest BCUT2D eigenvalue weighted by atomic mass is 16.3. The molecule has 2 rings (SSSR count). The fourth-order valence-corrected chi connectivity index (χ4v) is 1.43. The number of carbonyl (C=O) groups is 1. The maximum atomic E-state index is 11.2. The number of fused-ring (bicyclic) bond motifs is 1. The Morgan fingerprint density at radius 1 is 1.29 bits per heavy atom. The summed E-state index contributed by atoms with van der Waals surface area (Å²) in [5.41, 5.74) is 6.64. The quantitative estimate of drug-likeness (QED) is 0.418. The van der Waals surface area contributed by atoms with Crippen LogP contribution in [0.1, 0.15) is 11.1 Å². The van der Waals surface area contributed by atoms with E-state index in [2.05, 4.69) is 0 Å². The van der Waals surface area contributed by atoms with E-state index in [1.54, 1.807) is 6.07 Å². The third kappa shape index (κ3) is 1.01. The minimum absolute atomic E-state index is 0.0862. The molecule has 0 aromatic heterocycles. The molecular formula is C10H8N2O2. The predicted molar refractivity (Wildman–Crippen MR) is 53.4 cm³/mol. The summed E-state index contributed by atoms with van der Waals surface area (Å²) in [7, 11) is 0. The fourth-order valence-electron chi connectivity index (χ4n) is 1.43. The van der Waals surface area contributed by atoms with Gasteiger partial charge in [0.25, 0.3) is 0 Å². The van der Waals surface area contributed by atoms with Crippen LogP contribution < -0.4 is 5.73 Å². The van der Waals surface area contributed by atoms with Gasteiger partial charge in [-0.1, -0.05) is 0 Å². The third-order valence-electron chi connectivity index (χ3n) is 2.16. The molecule has 4 heteroatoms. The van der Waals surface area contributed by atoms with Gasteiger partial charge in [0.2, 0.25) is 5.78 Å². The van der Waals surface area contributed by atoms with Gasteiger partial charge in [0, 0.05) is 11.3 Å². The lowest BCUT2D eigenvalue weighted by atomic mass is 9.92. The molecule has 0 bridgehead atoms. The molecule has 70 valence electrons. The highest BCUT2D eigenvalue weighted by Crippen LogP contribution is 2.30. The molecule has 4 N–H and O–H groups in total. The zero-order valence-corrected chi connectivity index (χ0v) is 7.24. The lowest BCUT2D eigenvalue weighted by Crippen LogP contribution is -2.17. The lowest BCUT2D eigenvalue weighted by Gasteiger charge is -2.14. The van der Waals surface area contributed by atoms with Crippen LogP contribution in [0.2, 0.25) is 0 Å². The Morgan fingerprint density at radius 2 is 2.00 bits per heavy atom. The number of phenols is 1. The molecule has 0 saturated carbocycles. The summed E-state index contributed by atoms with van der Waals surface area (Å²) in [4.78, 5) is 11.2. The highest BCUT2D eigenvalue weighted by Gasteiger charge is 2.22. The van der Waals surface area contributed by atoms with Crippen molar-refractivity contribution in [3.63, 3.8) is 0 Å². The van der Waals surface area contributed by atoms with Crippen LogP contribution in [0.5, 0.6) is 5.75 Å². The third-order valence-corrected chi connectivity index (χ3v) is 2.16. The molecule has 0 radical (unpaired) electrons. The van der Waals surface area contributed by atoms with Crippen molar-refractivity contribution >= 4 is 23.3 Å². The molecule has 4 nitrogen and oxygen atoms in total. The number of nitrogens with two attached hydrogens (primary N) is 1. The van der Waals surface area contributed by atoms with Gasteiger partial charge in [0.1, 0.15) is 11.5 Å². The van der Waals surface area contributed by atoms with E-state index in [1.165, 1.54) is 18.2 Å². The minimum atomic E-state index is -0.418. The van der Waals surface area contributed by atoms with E-state index >= 15 is 0 Å². The summed E-state index contributed by atoms with van der Waals surface area (Å²) < 4.78 is 0. The number of carbonyl (C=O) groups excluding carboxylic acids is 1. The maximum Gasteiger partial charge on any atom is 0.204 e. The molecule has 0 amide bonds. The number of phenolic OH excluding ortho intramolecular Hbond substituents is 1. The van der Waals surface area contributed by atoms with Gasteiger partial charge in [-0.15, -0.1) is 0 Å². The van der Waals surface area contributed by atoms with Crippen molar-refractivity contribution in [2.45, 2.75) is 0 Å². The van der Waals surface area contributed by atoms with Crippen LogP contribution in [0, 0.1) is 5.41 Å². The van der Waals surface area contributed by atoms with Gasteiger partial charge in [-0.25, -0.2) is 0 Å². The Hall–Kier alpha value is -2.10. The number of hydrogen-bond acceptors (Lipinski definition) is 4. The van der Waals surface area contributed by atoms with Crippen molar-refractivity contribution in [1.29, 1.82) is 5.41 Å². The Balaban J connectivity index is 2.79. The van der Waals surface area contributed by atoms with Crippen LogP contribution in [0.3, 0.4) is 0 Å². The monoisotopic (exact) mass is 188 g/mol. The maximum absolute atomic E-state index is 11.2. The number of nitrogen functional groups attached to an aromatic ring is 1. The molecule has 0 heterocycles. The number of anilines is 1. The summed E-state index contributed by atoms with van der Waals surface area (Å²) in [6.07, 6.45) is 2.80. The van der Waals surface area contributed by atoms with Gasteiger partial charge in [0.15, 0.2) is 0 Å². The molecule has 1 aliphatic rings. The molecule has 1 aromatic rings. The molecule has 14 heavy (non-hydrogen) atoms. The first-order valence-electron chi connectivity index (χ1n) is 4.04. The summed E-state index contributed by atoms with van der Waals surface area (Å²) in [5.74, 6) is -0.504. The SMILES string of the molecule is N=C1C(=O)C=Cc2c(N)ccc(O)c21. The van der Waals surface area contributed by atoms with Crippen LogP contribution in [0.15, 0.2) is 18.2 Å². The predicted octanol–water partition coefficient (Wildman–Crippen LogP) is 0.938. The average Bonchev–Trinajstić information content (AvgIpc) is 2.16. The second kappa shape index (κ2) is 2.70. The van der Waals surface area contributed by atoms with Crippen LogP contribution in [0.25, 0.3) is 6.08 Å². The standard InChI is InChI=1S/C10H8N2O2/c11-6-2-4-7(13)9-5(6)1-3-8(14)10(9)12/h1-4,12-13H,11H2. The Kier molecular flexibility index (Phi) is 1.64. The Morgan fingerprint density at radius 3 is 2.71 bits per heavy atom. The van der Waals surface area contributed by atoms with Crippen molar-refractivity contribution in [2.24, 2.45) is 0 Å². The number of allylic oxidation sites excluding steroid dienone is 1. The summed E-state index contributed by atoms with van der Waals surface area (Å²) >= 11 is 0. The summed E-state index contributed by atoms with van der Waals surface area (Å²) in [5, 5.41) is 17.0. The largest absolute Gasteiger partial charge is 0.507 e. The zero-order chi connectivity index (χ0) is 10.3. The van der Waals surface area contributed by atoms with Crippen molar-refractivity contribution in [3.8, 4) is 5.75 Å². The lowest BCUT2D eigenvalue weighted by molar-refractivity contribution is -0.108. The van der Waals surface area contributed by atoms with Gasteiger partial charge >= 0.3 is 0 Å². The van der Waals surface area contributed by atoms with Crippen LogP contribution in [0.4, 0.5) is 5.69 Å². The van der Waals surface area contributed by atoms with Crippen molar-refractivity contribution in [3.05, 3.63) is 29.3 Å². The van der Waals surface area contributed by atoms with E-state index in [-0.39, 0.29) is 17.0 Å². The number of ketones is 1. The zero-order valence-electron chi connectivity index (χ0n) is 7.24. The Bertz CT molecular complexity index is 475. The van der Waals surface area contributed by atoms with Crippen molar-refractivity contribution in [1.82, 2.24) is 0 Å².